The van der Waals surface area contributed by atoms with Crippen molar-refractivity contribution in [3.8, 4) is 23.1 Å². The predicted molar refractivity (Wildman–Crippen MR) is 122 cm³/mol. The molecule has 3 heterocycles. The van der Waals surface area contributed by atoms with Crippen LogP contribution >= 0.6 is 11.8 Å². The van der Waals surface area contributed by atoms with Gasteiger partial charge < -0.3 is 18.8 Å². The molecular weight excluding hydrogens is 428 g/mol. The Bertz CT molecular complexity index is 1080. The summed E-state index contributed by atoms with van der Waals surface area (Å²) in [6.07, 6.45) is 5.19. The number of benzene rings is 1. The van der Waals surface area contributed by atoms with Crippen LogP contribution in [0.3, 0.4) is 0 Å². The zero-order valence-electron chi connectivity index (χ0n) is 18.2. The molecule has 0 spiro atoms. The molecule has 1 atom stereocenters. The number of amides is 1. The molecule has 32 heavy (non-hydrogen) atoms. The molecule has 1 fully saturated rings. The van der Waals surface area contributed by atoms with E-state index < -0.39 is 0 Å². The molecule has 9 heteroatoms. The lowest BCUT2D eigenvalue weighted by molar-refractivity contribution is -0.129. The van der Waals surface area contributed by atoms with Crippen molar-refractivity contribution < 1.29 is 18.7 Å². The van der Waals surface area contributed by atoms with Crippen LogP contribution in [0.4, 0.5) is 0 Å². The summed E-state index contributed by atoms with van der Waals surface area (Å²) < 4.78 is 18.3. The van der Waals surface area contributed by atoms with Gasteiger partial charge >= 0.3 is 0 Å². The predicted octanol–water partition coefficient (Wildman–Crippen LogP) is 4.20. The highest BCUT2D eigenvalue weighted by Gasteiger charge is 2.32. The fourth-order valence-corrected chi connectivity index (χ4v) is 4.81. The molecule has 0 saturated carbocycles. The first-order valence-electron chi connectivity index (χ1n) is 10.4. The lowest BCUT2D eigenvalue weighted by atomic mass is 10.0. The van der Waals surface area contributed by atoms with Gasteiger partial charge in [-0.2, -0.15) is 0 Å². The summed E-state index contributed by atoms with van der Waals surface area (Å²) in [7, 11) is 3.28. The highest BCUT2D eigenvalue weighted by atomic mass is 32.2. The topological polar surface area (TPSA) is 82.6 Å². The number of allylic oxidation sites excluding steroid dienone is 1. The minimum Gasteiger partial charge on any atom is -0.497 e. The quantitative estimate of drug-likeness (QED) is 0.354. The van der Waals surface area contributed by atoms with E-state index in [-0.39, 0.29) is 17.7 Å². The number of aromatic nitrogens is 3. The molecule has 1 aromatic carbocycles. The van der Waals surface area contributed by atoms with Gasteiger partial charge in [0, 0.05) is 18.7 Å². The van der Waals surface area contributed by atoms with E-state index >= 15 is 0 Å². The Kier molecular flexibility index (Phi) is 6.84. The number of thioether (sulfide) groups is 1. The first-order valence-corrected chi connectivity index (χ1v) is 11.4. The molecule has 1 aliphatic heterocycles. The molecule has 3 aromatic rings. The summed E-state index contributed by atoms with van der Waals surface area (Å²) in [6.45, 7) is 5.05. The molecular formula is C23H26N4O4S. The first kappa shape index (κ1) is 22.0. The van der Waals surface area contributed by atoms with Gasteiger partial charge in [-0.05, 0) is 43.2 Å². The van der Waals surface area contributed by atoms with Crippen molar-refractivity contribution in [1.82, 2.24) is 19.7 Å². The van der Waals surface area contributed by atoms with Gasteiger partial charge in [-0.15, -0.1) is 16.8 Å². The Morgan fingerprint density at radius 3 is 2.91 bits per heavy atom. The monoisotopic (exact) mass is 454 g/mol. The number of carbonyl (C=O) groups is 1. The molecule has 0 aliphatic carbocycles. The van der Waals surface area contributed by atoms with Gasteiger partial charge in [0.1, 0.15) is 11.5 Å². The fourth-order valence-electron chi connectivity index (χ4n) is 3.97. The van der Waals surface area contributed by atoms with Crippen LogP contribution < -0.4 is 9.47 Å². The SMILES string of the molecule is C=CCn1c(SCC(=O)N2CCC[C@@H]2c2cc(OC)ccc2OC)nnc1-c1ccco1. The van der Waals surface area contributed by atoms with Crippen LogP contribution in [0.2, 0.25) is 0 Å². The molecule has 4 rings (SSSR count). The van der Waals surface area contributed by atoms with Gasteiger partial charge in [0.05, 0.1) is 32.3 Å². The molecule has 1 amide bonds. The molecule has 0 radical (unpaired) electrons. The second kappa shape index (κ2) is 9.95. The van der Waals surface area contributed by atoms with Crippen LogP contribution in [0, 0.1) is 0 Å². The second-order valence-corrected chi connectivity index (χ2v) is 8.27. The van der Waals surface area contributed by atoms with E-state index in [2.05, 4.69) is 16.8 Å². The van der Waals surface area contributed by atoms with Crippen LogP contribution in [-0.4, -0.2) is 52.1 Å². The number of furan rings is 1. The summed E-state index contributed by atoms with van der Waals surface area (Å²) in [4.78, 5) is 15.1. The van der Waals surface area contributed by atoms with E-state index in [1.54, 1.807) is 32.6 Å². The summed E-state index contributed by atoms with van der Waals surface area (Å²) in [5, 5.41) is 9.18. The summed E-state index contributed by atoms with van der Waals surface area (Å²) in [5.74, 6) is 3.06. The van der Waals surface area contributed by atoms with Crippen LogP contribution in [-0.2, 0) is 11.3 Å². The molecule has 1 saturated heterocycles. The largest absolute Gasteiger partial charge is 0.497 e. The van der Waals surface area contributed by atoms with Crippen LogP contribution in [0.15, 0.2) is 58.8 Å². The van der Waals surface area contributed by atoms with Crippen LogP contribution in [0.5, 0.6) is 11.5 Å². The highest BCUT2D eigenvalue weighted by Crippen LogP contribution is 2.39. The van der Waals surface area contributed by atoms with E-state index in [0.717, 1.165) is 29.9 Å². The Morgan fingerprint density at radius 2 is 2.19 bits per heavy atom. The van der Waals surface area contributed by atoms with Crippen molar-refractivity contribution in [2.24, 2.45) is 0 Å². The third-order valence-corrected chi connectivity index (χ3v) is 6.42. The maximum atomic E-state index is 13.2. The van der Waals surface area contributed by atoms with Crippen molar-refractivity contribution in [3.63, 3.8) is 0 Å². The van der Waals surface area contributed by atoms with Gasteiger partial charge in [-0.25, -0.2) is 0 Å². The molecule has 1 aliphatic rings. The molecule has 168 valence electrons. The summed E-state index contributed by atoms with van der Waals surface area (Å²) >= 11 is 1.37. The maximum absolute atomic E-state index is 13.2. The van der Waals surface area contributed by atoms with Crippen molar-refractivity contribution in [2.75, 3.05) is 26.5 Å². The highest BCUT2D eigenvalue weighted by molar-refractivity contribution is 7.99. The van der Waals surface area contributed by atoms with Gasteiger partial charge in [0.15, 0.2) is 10.9 Å². The summed E-state index contributed by atoms with van der Waals surface area (Å²) in [6, 6.07) is 9.30. The van der Waals surface area contributed by atoms with Crippen LogP contribution in [0.25, 0.3) is 11.6 Å². The zero-order chi connectivity index (χ0) is 22.5. The van der Waals surface area contributed by atoms with Gasteiger partial charge in [-0.1, -0.05) is 17.8 Å². The number of ether oxygens (including phenoxy) is 2. The molecule has 0 unspecified atom stereocenters. The van der Waals surface area contributed by atoms with Gasteiger partial charge in [-0.3, -0.25) is 9.36 Å². The van der Waals surface area contributed by atoms with E-state index in [1.807, 2.05) is 33.7 Å². The van der Waals surface area contributed by atoms with E-state index in [4.69, 9.17) is 13.9 Å². The number of hydrogen-bond acceptors (Lipinski definition) is 7. The average molecular weight is 455 g/mol. The molecule has 2 aromatic heterocycles. The average Bonchev–Trinajstić information content (AvgIpc) is 3.58. The molecule has 0 bridgehead atoms. The van der Waals surface area contributed by atoms with E-state index in [1.165, 1.54) is 11.8 Å². The Balaban J connectivity index is 1.51. The molecule has 0 N–H and O–H groups in total. The Hall–Kier alpha value is -3.20. The standard InChI is InChI=1S/C23H26N4O4S/c1-4-11-27-22(20-8-6-13-31-20)24-25-23(27)32-15-21(28)26-12-5-7-18(26)17-14-16(29-2)9-10-19(17)30-3/h4,6,8-10,13-14,18H,1,5,7,11-12,15H2,2-3H3/t18-/m1/s1. The van der Waals surface area contributed by atoms with Gasteiger partial charge in [0.25, 0.3) is 0 Å². The Morgan fingerprint density at radius 1 is 1.31 bits per heavy atom. The minimum atomic E-state index is -0.0436. The fraction of sp³-hybridized carbons (Fsp3) is 0.348. The number of likely N-dealkylation sites (tertiary alicyclic amines) is 1. The van der Waals surface area contributed by atoms with Crippen molar-refractivity contribution in [1.29, 1.82) is 0 Å². The van der Waals surface area contributed by atoms with Gasteiger partial charge in [0.2, 0.25) is 11.7 Å². The minimum absolute atomic E-state index is 0.0436. The number of nitrogens with zero attached hydrogens (tertiary/aromatic N) is 4. The lowest BCUT2D eigenvalue weighted by Gasteiger charge is -2.26. The Labute approximate surface area is 191 Å². The summed E-state index contributed by atoms with van der Waals surface area (Å²) in [5.41, 5.74) is 0.970. The van der Waals surface area contributed by atoms with Crippen molar-refractivity contribution >= 4 is 17.7 Å². The zero-order valence-corrected chi connectivity index (χ0v) is 19.0. The number of rotatable bonds is 9. The first-order chi connectivity index (χ1) is 15.7. The number of methoxy groups -OCH3 is 2. The third-order valence-electron chi connectivity index (χ3n) is 5.46. The van der Waals surface area contributed by atoms with E-state index in [9.17, 15) is 4.79 Å². The smallest absolute Gasteiger partial charge is 0.233 e. The number of carbonyl (C=O) groups excluding carboxylic acids is 1. The van der Waals surface area contributed by atoms with E-state index in [0.29, 0.717) is 29.8 Å². The number of hydrogen-bond donors (Lipinski definition) is 0. The normalized spacial score (nSPS) is 15.7. The third kappa shape index (κ3) is 4.38. The van der Waals surface area contributed by atoms with Crippen molar-refractivity contribution in [3.05, 3.63) is 54.8 Å². The lowest BCUT2D eigenvalue weighted by Crippen LogP contribution is -2.32. The maximum Gasteiger partial charge on any atom is 0.233 e. The van der Waals surface area contributed by atoms with Crippen molar-refractivity contribution in [2.45, 2.75) is 30.6 Å². The molecule has 8 nitrogen and oxygen atoms in total. The second-order valence-electron chi connectivity index (χ2n) is 7.32. The van der Waals surface area contributed by atoms with Crippen LogP contribution in [0.1, 0.15) is 24.4 Å².